The zero-order valence-corrected chi connectivity index (χ0v) is 94.9. The highest BCUT2D eigenvalue weighted by Gasteiger charge is 2.41. The number of hydrogen-bond donors (Lipinski definition) is 0. The Kier molecular flexibility index (Phi) is 114. The van der Waals surface area contributed by atoms with E-state index >= 15 is 0 Å². The van der Waals surface area contributed by atoms with Crippen molar-refractivity contribution in [2.24, 2.45) is 178 Å². The summed E-state index contributed by atoms with van der Waals surface area (Å²) in [5.41, 5.74) is 0. The Morgan fingerprint density at radius 2 is 0.311 bits per heavy atom. The van der Waals surface area contributed by atoms with Crippen LogP contribution in [0.4, 0.5) is 0 Å². The number of hydrogen-bond acceptors (Lipinski definition) is 0. The molecule has 11 fully saturated rings. The molecule has 119 heavy (non-hydrogen) atoms. The molecule has 0 saturated heterocycles. The summed E-state index contributed by atoms with van der Waals surface area (Å²) in [6.07, 6.45) is 59.0. The highest BCUT2D eigenvalue weighted by molar-refractivity contribution is 4.92. The van der Waals surface area contributed by atoms with Gasteiger partial charge in [0.2, 0.25) is 0 Å². The smallest absolute Gasteiger partial charge is 0.0334 e. The van der Waals surface area contributed by atoms with E-state index in [0.29, 0.717) is 0 Å². The van der Waals surface area contributed by atoms with Crippen LogP contribution in [0.5, 0.6) is 0 Å². The lowest BCUT2D eigenvalue weighted by molar-refractivity contribution is 0.170. The van der Waals surface area contributed by atoms with E-state index < -0.39 is 0 Å². The number of rotatable bonds is 8. The van der Waals surface area contributed by atoms with Gasteiger partial charge in [-0.25, -0.2) is 0 Å². The second kappa shape index (κ2) is 97.1. The Hall–Kier alpha value is 0. The first kappa shape index (κ1) is 139. The minimum atomic E-state index is 0.833. The highest BCUT2D eigenvalue weighted by atomic mass is 14.5. The molecule has 0 spiro atoms. The van der Waals surface area contributed by atoms with E-state index in [9.17, 15) is 0 Å². The molecule has 0 nitrogen and oxygen atoms in total. The van der Waals surface area contributed by atoms with Crippen LogP contribution >= 0.6 is 0 Å². The van der Waals surface area contributed by atoms with Gasteiger partial charge in [0.15, 0.2) is 0 Å². The van der Waals surface area contributed by atoms with E-state index in [4.69, 9.17) is 0 Å². The molecule has 11 aliphatic carbocycles. The quantitative estimate of drug-likeness (QED) is 0.213. The van der Waals surface area contributed by atoms with E-state index in [2.05, 4.69) is 277 Å². The lowest BCUT2D eigenvalue weighted by Gasteiger charge is -2.33. The Bertz CT molecular complexity index is 1620. The predicted octanol–water partition coefficient (Wildman–Crippen LogP) is 44.6. The van der Waals surface area contributed by atoms with Gasteiger partial charge in [-0.1, -0.05) is 545 Å². The van der Waals surface area contributed by atoms with Crippen LogP contribution in [0.25, 0.3) is 0 Å². The topological polar surface area (TPSA) is 0 Å². The fourth-order valence-electron chi connectivity index (χ4n) is 18.5. The van der Waals surface area contributed by atoms with Gasteiger partial charge < -0.3 is 0 Å². The van der Waals surface area contributed by atoms with Crippen LogP contribution in [0.1, 0.15) is 597 Å². The molecule has 0 heterocycles. The summed E-state index contributed by atoms with van der Waals surface area (Å²) < 4.78 is 0. The molecule has 0 heteroatoms. The largest absolute Gasteiger partial charge is 0.0683 e. The minimum absolute atomic E-state index is 0.833. The second-order valence-corrected chi connectivity index (χ2v) is 46.5. The van der Waals surface area contributed by atoms with E-state index in [1.165, 1.54) is 167 Å². The van der Waals surface area contributed by atoms with Crippen LogP contribution in [0.3, 0.4) is 0 Å². The molecular weight excluding hydrogens is 1430 g/mol. The van der Waals surface area contributed by atoms with Crippen molar-refractivity contribution < 1.29 is 0 Å². The Balaban J connectivity index is -0.000000134. The maximum absolute atomic E-state index is 2.42. The van der Waals surface area contributed by atoms with Crippen molar-refractivity contribution in [1.29, 1.82) is 0 Å². The molecule has 11 saturated carbocycles. The zero-order valence-electron chi connectivity index (χ0n) is 94.9. The van der Waals surface area contributed by atoms with Crippen LogP contribution in [0, 0.1) is 178 Å². The van der Waals surface area contributed by atoms with Gasteiger partial charge in [-0.05, 0) is 229 Å². The lowest BCUT2D eigenvalue weighted by Crippen LogP contribution is -2.24. The van der Waals surface area contributed by atoms with E-state index in [1.807, 2.05) is 69.2 Å². The molecule has 0 aromatic carbocycles. The Morgan fingerprint density at radius 3 is 0.471 bits per heavy atom. The molecular formula is C119H258. The third-order valence-electron chi connectivity index (χ3n) is 24.4. The standard InChI is InChI=1S/2C11H20.C11H22.C10H18.C10H20.C9H18.C8H16.C7H14.8C4H10.5C2H6/c1-8(2)11-6-9-3-4-10(5-9)7-11;1-8(2)11-9-4-3-5-10(11)7-6-9;1-10(2)11-8-6-4-3-5-7-9-11;1-7(2)10-6-8-3-4-9(10)5-8;1-9(2)10-7-5-3-4-6-8-10;1-8(2)9-6-4-3-5-7-9;1-7(2)8-5-3-4-6-8;1-6(2)7-4-3-5-7;8*1-4(2)3;5*1-2/h2*8-11H,3-7H2,1-2H3;10-11H,3-9H2,1-2H3;7-10H,3-6H2,1-2H3;9-10H,3-8H2,1-2H3;8-9H,3-7H2,1-2H3;7-8H,3-6H2,1-2H3;6-7H,3-5H2,1-2H3;8*4H,1-3H3;5*1-2H3. The van der Waals surface area contributed by atoms with Crippen molar-refractivity contribution in [3.63, 3.8) is 0 Å². The minimum Gasteiger partial charge on any atom is -0.0683 e. The van der Waals surface area contributed by atoms with Gasteiger partial charge in [-0.2, -0.15) is 0 Å². The molecule has 11 rings (SSSR count). The summed E-state index contributed by atoms with van der Waals surface area (Å²) >= 11 is 0. The molecule has 734 valence electrons. The van der Waals surface area contributed by atoms with Crippen molar-refractivity contribution in [1.82, 2.24) is 0 Å². The van der Waals surface area contributed by atoms with Crippen molar-refractivity contribution >= 4 is 0 Å². The Morgan fingerprint density at radius 1 is 0.134 bits per heavy atom. The first-order chi connectivity index (χ1) is 55.7. The third-order valence-corrected chi connectivity index (χ3v) is 24.4. The van der Waals surface area contributed by atoms with Crippen LogP contribution < -0.4 is 0 Å². The molecule has 11 aliphatic rings. The van der Waals surface area contributed by atoms with Gasteiger partial charge in [0.25, 0.3) is 0 Å². The van der Waals surface area contributed by atoms with E-state index in [1.54, 1.807) is 83.5 Å². The van der Waals surface area contributed by atoms with Crippen molar-refractivity contribution in [3.05, 3.63) is 0 Å². The summed E-state index contributed by atoms with van der Waals surface area (Å²) in [5, 5.41) is 0. The third kappa shape index (κ3) is 102. The molecule has 0 aromatic rings. The van der Waals surface area contributed by atoms with Gasteiger partial charge in [0.1, 0.15) is 0 Å². The van der Waals surface area contributed by atoms with Crippen molar-refractivity contribution in [2.75, 3.05) is 0 Å². The predicted molar refractivity (Wildman–Crippen MR) is 568 cm³/mol. The van der Waals surface area contributed by atoms with Crippen LogP contribution in [0.15, 0.2) is 0 Å². The summed E-state index contributed by atoms with van der Waals surface area (Å²) in [6, 6.07) is 0. The maximum atomic E-state index is 2.42. The van der Waals surface area contributed by atoms with Gasteiger partial charge in [0, 0.05) is 0 Å². The summed E-state index contributed by atoms with van der Waals surface area (Å²) in [6.45, 7) is 110. The van der Waals surface area contributed by atoms with Gasteiger partial charge >= 0.3 is 0 Å². The summed E-state index contributed by atoms with van der Waals surface area (Å²) in [5.74, 6) is 29.5. The Labute approximate surface area is 769 Å². The van der Waals surface area contributed by atoms with Crippen LogP contribution in [0.2, 0.25) is 0 Å². The second-order valence-electron chi connectivity index (χ2n) is 46.5. The average Bonchev–Trinajstić information content (AvgIpc) is 1.68. The lowest BCUT2D eigenvalue weighted by atomic mass is 9.73. The molecule has 0 aliphatic heterocycles. The fourth-order valence-corrected chi connectivity index (χ4v) is 18.5. The monoisotopic (exact) mass is 1690 g/mol. The molecule has 0 amide bonds. The molecule has 0 radical (unpaired) electrons. The van der Waals surface area contributed by atoms with E-state index in [0.717, 1.165) is 178 Å². The normalized spacial score (nSPS) is 23.2. The highest BCUT2D eigenvalue weighted by Crippen LogP contribution is 2.52. The number of fused-ring (bicyclic) bond motifs is 6. The average molecular weight is 1690 g/mol. The summed E-state index contributed by atoms with van der Waals surface area (Å²) in [4.78, 5) is 0. The van der Waals surface area contributed by atoms with E-state index in [-0.39, 0.29) is 0 Å². The van der Waals surface area contributed by atoms with Gasteiger partial charge in [0.05, 0.1) is 0 Å². The molecule has 0 N–H and O–H groups in total. The van der Waals surface area contributed by atoms with Crippen LogP contribution in [-0.4, -0.2) is 0 Å². The first-order valence-corrected chi connectivity index (χ1v) is 55.7. The van der Waals surface area contributed by atoms with Crippen molar-refractivity contribution in [3.8, 4) is 0 Å². The van der Waals surface area contributed by atoms with Gasteiger partial charge in [-0.3, -0.25) is 0 Å². The molecule has 0 aromatic heterocycles. The SMILES string of the molecule is CC.CC.CC.CC.CC.CC(C)C.CC(C)C.CC(C)C.CC(C)C.CC(C)C.CC(C)C.CC(C)C.CC(C)C.CC(C)C1C2CCCC1CC2.CC(C)C1CC2CCC(C2)C1.CC(C)C1CC2CCC1C2.CC(C)C1CCC1.CC(C)C1CCCC1.CC(C)C1CCCCC1.CC(C)C1CCCCCC1.CC(C)C1CCCCCCC1. The zero-order chi connectivity index (χ0) is 94.9. The molecule has 7 atom stereocenters. The van der Waals surface area contributed by atoms with Crippen molar-refractivity contribution in [2.45, 2.75) is 597 Å². The summed E-state index contributed by atoms with van der Waals surface area (Å²) in [7, 11) is 0. The van der Waals surface area contributed by atoms with Crippen LogP contribution in [-0.2, 0) is 0 Å². The first-order valence-electron chi connectivity index (χ1n) is 55.7. The maximum Gasteiger partial charge on any atom is -0.0334 e. The van der Waals surface area contributed by atoms with Gasteiger partial charge in [-0.15, -0.1) is 0 Å². The fraction of sp³-hybridized carbons (Fsp3) is 1.00. The molecule has 6 bridgehead atoms. The molecule has 7 unspecified atom stereocenters.